The van der Waals surface area contributed by atoms with Crippen LogP contribution in [0.4, 0.5) is 4.39 Å². The third kappa shape index (κ3) is 4.93. The molecule has 1 saturated carbocycles. The summed E-state index contributed by atoms with van der Waals surface area (Å²) in [5.74, 6) is 8.02. The number of hydrogen-bond acceptors (Lipinski definition) is 0. The molecule has 4 rings (SSSR count). The number of aryl methyl sites for hydroxylation is 2. The van der Waals surface area contributed by atoms with Crippen LogP contribution in [0.3, 0.4) is 0 Å². The highest BCUT2D eigenvalue weighted by molar-refractivity contribution is 5.85. The maximum Gasteiger partial charge on any atom is 0.134 e. The van der Waals surface area contributed by atoms with Gasteiger partial charge in [0.15, 0.2) is 0 Å². The van der Waals surface area contributed by atoms with E-state index in [1.165, 1.54) is 31.2 Å². The molecule has 1 fully saturated rings. The van der Waals surface area contributed by atoms with E-state index in [1.807, 2.05) is 24.3 Å². The Labute approximate surface area is 180 Å². The molecule has 0 nitrogen and oxygen atoms in total. The average Bonchev–Trinajstić information content (AvgIpc) is 2.78. The molecule has 0 unspecified atom stereocenters. The van der Waals surface area contributed by atoms with Crippen LogP contribution in [-0.2, 0) is 12.8 Å². The molecule has 0 atom stereocenters. The lowest BCUT2D eigenvalue weighted by Gasteiger charge is -2.26. The van der Waals surface area contributed by atoms with E-state index in [0.717, 1.165) is 53.2 Å². The second kappa shape index (κ2) is 9.48. The predicted molar refractivity (Wildman–Crippen MR) is 125 cm³/mol. The number of benzene rings is 3. The van der Waals surface area contributed by atoms with E-state index in [-0.39, 0.29) is 5.82 Å². The molecule has 0 bridgehead atoms. The predicted octanol–water partition coefficient (Wildman–Crippen LogP) is 7.70. The molecular formula is C29H31F. The summed E-state index contributed by atoms with van der Waals surface area (Å²) in [4.78, 5) is 0. The Kier molecular flexibility index (Phi) is 6.53. The van der Waals surface area contributed by atoms with E-state index in [0.29, 0.717) is 5.39 Å². The van der Waals surface area contributed by atoms with Gasteiger partial charge in [0.25, 0.3) is 0 Å². The van der Waals surface area contributed by atoms with E-state index < -0.39 is 0 Å². The van der Waals surface area contributed by atoms with Crippen molar-refractivity contribution in [3.63, 3.8) is 0 Å². The Bertz CT molecular complexity index is 1060. The van der Waals surface area contributed by atoms with E-state index in [4.69, 9.17) is 0 Å². The zero-order chi connectivity index (χ0) is 20.9. The van der Waals surface area contributed by atoms with Crippen molar-refractivity contribution in [1.29, 1.82) is 0 Å². The van der Waals surface area contributed by atoms with Gasteiger partial charge in [-0.25, -0.2) is 4.39 Å². The van der Waals surface area contributed by atoms with Crippen LogP contribution in [0.25, 0.3) is 10.8 Å². The second-order valence-corrected chi connectivity index (χ2v) is 8.94. The van der Waals surface area contributed by atoms with Gasteiger partial charge in [0.05, 0.1) is 0 Å². The number of hydrogen-bond donors (Lipinski definition) is 0. The zero-order valence-electron chi connectivity index (χ0n) is 18.2. The van der Waals surface area contributed by atoms with Crippen molar-refractivity contribution in [3.05, 3.63) is 82.7 Å². The molecule has 3 aromatic carbocycles. The molecule has 0 saturated heterocycles. The fraction of sp³-hybridized carbons (Fsp3) is 0.379. The molecule has 0 aromatic heterocycles. The lowest BCUT2D eigenvalue weighted by Crippen LogP contribution is -2.13. The van der Waals surface area contributed by atoms with Gasteiger partial charge in [0.1, 0.15) is 5.82 Å². The van der Waals surface area contributed by atoms with Gasteiger partial charge in [-0.1, -0.05) is 81.7 Å². The van der Waals surface area contributed by atoms with Crippen LogP contribution < -0.4 is 0 Å². The third-order valence-electron chi connectivity index (χ3n) is 6.70. The van der Waals surface area contributed by atoms with E-state index in [2.05, 4.69) is 56.0 Å². The highest BCUT2D eigenvalue weighted by Crippen LogP contribution is 2.32. The first-order valence-electron chi connectivity index (χ1n) is 11.4. The molecule has 0 heterocycles. The highest BCUT2D eigenvalue weighted by Gasteiger charge is 2.18. The van der Waals surface area contributed by atoms with Crippen LogP contribution in [-0.4, -0.2) is 0 Å². The zero-order valence-corrected chi connectivity index (χ0v) is 18.2. The normalized spacial score (nSPS) is 18.8. The van der Waals surface area contributed by atoms with Crippen molar-refractivity contribution >= 4 is 10.8 Å². The molecule has 1 heteroatoms. The molecule has 1 aliphatic carbocycles. The van der Waals surface area contributed by atoms with Crippen LogP contribution in [0, 0.1) is 29.5 Å². The minimum absolute atomic E-state index is 0.0497. The minimum atomic E-state index is -0.0497. The van der Waals surface area contributed by atoms with Crippen molar-refractivity contribution in [3.8, 4) is 11.8 Å². The average molecular weight is 399 g/mol. The van der Waals surface area contributed by atoms with Crippen LogP contribution in [0.2, 0.25) is 0 Å². The first-order valence-corrected chi connectivity index (χ1v) is 11.4. The first kappa shape index (κ1) is 20.7. The lowest BCUT2D eigenvalue weighted by atomic mass is 9.80. The number of halogens is 1. The Hall–Kier alpha value is -2.59. The number of fused-ring (bicyclic) bond motifs is 1. The molecule has 30 heavy (non-hydrogen) atoms. The molecule has 0 N–H and O–H groups in total. The van der Waals surface area contributed by atoms with Crippen molar-refractivity contribution in [2.75, 3.05) is 0 Å². The molecule has 3 aromatic rings. The molecule has 0 aliphatic heterocycles. The molecule has 0 spiro atoms. The van der Waals surface area contributed by atoms with Gasteiger partial charge in [-0.2, -0.15) is 0 Å². The summed E-state index contributed by atoms with van der Waals surface area (Å²) in [5, 5.41) is 1.64. The summed E-state index contributed by atoms with van der Waals surface area (Å²) >= 11 is 0. The van der Waals surface area contributed by atoms with E-state index >= 15 is 4.39 Å². The quantitative estimate of drug-likeness (QED) is 0.395. The van der Waals surface area contributed by atoms with Gasteiger partial charge in [-0.15, -0.1) is 0 Å². The van der Waals surface area contributed by atoms with E-state index in [9.17, 15) is 0 Å². The Balaban J connectivity index is 1.47. The fourth-order valence-electron chi connectivity index (χ4n) is 4.55. The van der Waals surface area contributed by atoms with Crippen LogP contribution in [0.15, 0.2) is 54.6 Å². The van der Waals surface area contributed by atoms with Gasteiger partial charge in [0.2, 0.25) is 0 Å². The second-order valence-electron chi connectivity index (χ2n) is 8.94. The van der Waals surface area contributed by atoms with Gasteiger partial charge >= 0.3 is 0 Å². The smallest absolute Gasteiger partial charge is 0.134 e. The maximum absolute atomic E-state index is 15.1. The SMILES string of the molecule is CCc1ccc(C#Cc2ccc3c(F)c(CCC4CCC(C)CC4)ccc3c2)cc1. The van der Waals surface area contributed by atoms with Gasteiger partial charge < -0.3 is 0 Å². The molecule has 0 amide bonds. The van der Waals surface area contributed by atoms with Crippen molar-refractivity contribution in [2.24, 2.45) is 11.8 Å². The summed E-state index contributed by atoms with van der Waals surface area (Å²) in [5.41, 5.74) is 4.10. The maximum atomic E-state index is 15.1. The summed E-state index contributed by atoms with van der Waals surface area (Å²) in [7, 11) is 0. The third-order valence-corrected chi connectivity index (χ3v) is 6.70. The molecule has 154 valence electrons. The lowest BCUT2D eigenvalue weighted by molar-refractivity contribution is 0.277. The Morgan fingerprint density at radius 2 is 1.57 bits per heavy atom. The Morgan fingerprint density at radius 3 is 2.30 bits per heavy atom. The monoisotopic (exact) mass is 398 g/mol. The van der Waals surface area contributed by atoms with Crippen LogP contribution in [0.5, 0.6) is 0 Å². The van der Waals surface area contributed by atoms with Crippen LogP contribution in [0.1, 0.15) is 68.2 Å². The summed E-state index contributed by atoms with van der Waals surface area (Å²) < 4.78 is 15.1. The summed E-state index contributed by atoms with van der Waals surface area (Å²) in [6.45, 7) is 4.50. The van der Waals surface area contributed by atoms with Crippen molar-refractivity contribution < 1.29 is 4.39 Å². The van der Waals surface area contributed by atoms with Gasteiger partial charge in [-0.05, 0) is 71.9 Å². The summed E-state index contributed by atoms with van der Waals surface area (Å²) in [6.07, 6.45) is 8.26. The fourth-order valence-corrected chi connectivity index (χ4v) is 4.55. The first-order chi connectivity index (χ1) is 14.6. The molecule has 0 radical (unpaired) electrons. The Morgan fingerprint density at radius 1 is 0.867 bits per heavy atom. The largest absolute Gasteiger partial charge is 0.206 e. The van der Waals surface area contributed by atoms with E-state index in [1.54, 1.807) is 0 Å². The standard InChI is InChI=1S/C29H31F/c1-3-22-8-10-24(11-9-22)12-13-25-15-19-28-27(20-25)18-17-26(29(28)30)16-14-23-6-4-21(2)5-7-23/h8-11,15,17-21,23H,3-7,14,16H2,1-2H3. The number of rotatable bonds is 4. The summed E-state index contributed by atoms with van der Waals surface area (Å²) in [6, 6.07) is 18.2. The highest BCUT2D eigenvalue weighted by atomic mass is 19.1. The minimum Gasteiger partial charge on any atom is -0.206 e. The van der Waals surface area contributed by atoms with Gasteiger partial charge in [-0.3, -0.25) is 0 Å². The molecule has 1 aliphatic rings. The van der Waals surface area contributed by atoms with Crippen LogP contribution >= 0.6 is 0 Å². The van der Waals surface area contributed by atoms with Gasteiger partial charge in [0, 0.05) is 16.5 Å². The van der Waals surface area contributed by atoms with Crippen molar-refractivity contribution in [2.45, 2.75) is 58.8 Å². The topological polar surface area (TPSA) is 0 Å². The van der Waals surface area contributed by atoms with Crippen molar-refractivity contribution in [1.82, 2.24) is 0 Å². The molecular weight excluding hydrogens is 367 g/mol.